The van der Waals surface area contributed by atoms with E-state index >= 15 is 0 Å². The number of hydrogen-bond donors (Lipinski definition) is 0. The Morgan fingerprint density at radius 3 is 1.88 bits per heavy atom. The summed E-state index contributed by atoms with van der Waals surface area (Å²) in [6.07, 6.45) is 3.31. The second-order valence-electron chi connectivity index (χ2n) is 1.25. The van der Waals surface area contributed by atoms with Gasteiger partial charge in [0.25, 0.3) is 0 Å². The first-order valence-electron chi connectivity index (χ1n) is 2.27. The molecule has 0 unspecified atom stereocenters. The van der Waals surface area contributed by atoms with Crippen LogP contribution in [0.25, 0.3) is 0 Å². The zero-order valence-corrected chi connectivity index (χ0v) is 10.3. The number of halogens is 2. The summed E-state index contributed by atoms with van der Waals surface area (Å²) in [6, 6.07) is 0. The van der Waals surface area contributed by atoms with Gasteiger partial charge in [0.1, 0.15) is 0 Å². The summed E-state index contributed by atoms with van der Waals surface area (Å²) in [7, 11) is 0. The molecule has 0 aliphatic rings. The minimum atomic E-state index is 0. The topological polar surface area (TPSA) is 0 Å². The third kappa shape index (κ3) is 15.7. The van der Waals surface area contributed by atoms with Crippen LogP contribution in [0.15, 0.2) is 0 Å². The van der Waals surface area contributed by atoms with Crippen molar-refractivity contribution in [1.29, 1.82) is 0 Å². The molecule has 0 aliphatic carbocycles. The van der Waals surface area contributed by atoms with E-state index in [-0.39, 0.29) is 36.5 Å². The van der Waals surface area contributed by atoms with Crippen LogP contribution in [0.3, 0.4) is 0 Å². The minimum absolute atomic E-state index is 0. The quantitative estimate of drug-likeness (QED) is 0.267. The van der Waals surface area contributed by atoms with Crippen LogP contribution < -0.4 is 17.0 Å². The summed E-state index contributed by atoms with van der Waals surface area (Å²) in [6.45, 7) is 3.66. The fourth-order valence-corrected chi connectivity index (χ4v) is 0.460. The molecule has 0 aromatic carbocycles. The van der Waals surface area contributed by atoms with Gasteiger partial charge in [0.15, 0.2) is 0 Å². The third-order valence-electron chi connectivity index (χ3n) is 0.634. The van der Waals surface area contributed by atoms with Crippen LogP contribution in [0.1, 0.15) is 19.3 Å². The molecule has 0 nitrogen and oxygen atoms in total. The maximum atomic E-state index is 5.35. The van der Waals surface area contributed by atoms with Crippen molar-refractivity contribution in [2.45, 2.75) is 19.3 Å². The predicted octanol–water partition coefficient (Wildman–Crippen LogP) is -0.769. The normalized spacial score (nSPS) is 6.75. The van der Waals surface area contributed by atoms with Gasteiger partial charge >= 0.3 is 19.5 Å². The molecule has 3 heteroatoms. The van der Waals surface area contributed by atoms with Crippen LogP contribution in [0.2, 0.25) is 0 Å². The third-order valence-corrected chi connectivity index (χ3v) is 0.901. The molecule has 0 bridgehead atoms. The minimum Gasteiger partial charge on any atom is -1.00 e. The molecule has 0 saturated heterocycles. The average molecular weight is 251 g/mol. The van der Waals surface area contributed by atoms with Gasteiger partial charge in [-0.1, -0.05) is 6.42 Å². The van der Waals surface area contributed by atoms with E-state index in [4.69, 9.17) is 11.6 Å². The largest absolute Gasteiger partial charge is 2.00 e. The Bertz CT molecular complexity index is 24.4. The van der Waals surface area contributed by atoms with Gasteiger partial charge in [-0.15, -0.1) is 11.6 Å². The maximum absolute atomic E-state index is 5.35. The number of rotatable bonds is 3. The summed E-state index contributed by atoms with van der Waals surface area (Å²) in [5.41, 5.74) is 0. The molecule has 8 heavy (non-hydrogen) atoms. The zero-order valence-electron chi connectivity index (χ0n) is 5.00. The molecule has 0 atom stereocenters. The Morgan fingerprint density at radius 1 is 1.25 bits per heavy atom. The van der Waals surface area contributed by atoms with Crippen molar-refractivity contribution >= 4 is 11.6 Å². The first-order chi connectivity index (χ1) is 2.91. The van der Waals surface area contributed by atoms with E-state index in [0.717, 1.165) is 18.7 Å². The van der Waals surface area contributed by atoms with E-state index < -0.39 is 0 Å². The Hall–Kier alpha value is 1.39. The molecule has 0 rings (SSSR count). The smallest absolute Gasteiger partial charge is 1.00 e. The maximum Gasteiger partial charge on any atom is 2.00 e. The second kappa shape index (κ2) is 15.8. The van der Waals surface area contributed by atoms with Crippen molar-refractivity contribution in [3.8, 4) is 0 Å². The summed E-state index contributed by atoms with van der Waals surface area (Å²) < 4.78 is 0. The van der Waals surface area contributed by atoms with Crippen molar-refractivity contribution in [2.75, 3.05) is 5.88 Å². The van der Waals surface area contributed by atoms with Crippen molar-refractivity contribution < 1.29 is 36.5 Å². The van der Waals surface area contributed by atoms with Gasteiger partial charge in [0.05, 0.1) is 0 Å². The average Bonchev–Trinajstić information content (AvgIpc) is 1.61. The SMILES string of the molecule is [Br-].[CH2-]CCCCCl.[Zn+2]. The molecule has 0 fully saturated rings. The first-order valence-corrected chi connectivity index (χ1v) is 2.80. The molecular formula is C5H10BrClZn. The predicted molar refractivity (Wildman–Crippen MR) is 29.9 cm³/mol. The zero-order chi connectivity index (χ0) is 4.83. The molecule has 0 aromatic rings. The molecule has 46 valence electrons. The molecule has 0 heterocycles. The monoisotopic (exact) mass is 248 g/mol. The Kier molecular flexibility index (Phi) is 31.9. The summed E-state index contributed by atoms with van der Waals surface area (Å²) in [5, 5.41) is 0. The molecule has 0 aromatic heterocycles. The Balaban J connectivity index is -0.000000125. The van der Waals surface area contributed by atoms with Crippen molar-refractivity contribution in [3.05, 3.63) is 6.92 Å². The summed E-state index contributed by atoms with van der Waals surface area (Å²) >= 11 is 5.35. The van der Waals surface area contributed by atoms with E-state index in [1.54, 1.807) is 0 Å². The summed E-state index contributed by atoms with van der Waals surface area (Å²) in [4.78, 5) is 0. The van der Waals surface area contributed by atoms with Crippen LogP contribution in [0.4, 0.5) is 0 Å². The van der Waals surface area contributed by atoms with Gasteiger partial charge in [-0.2, -0.15) is 6.42 Å². The fraction of sp³-hybridized carbons (Fsp3) is 0.800. The number of hydrogen-bond acceptors (Lipinski definition) is 0. The van der Waals surface area contributed by atoms with Crippen molar-refractivity contribution in [2.24, 2.45) is 0 Å². The first kappa shape index (κ1) is 16.2. The molecule has 0 aliphatic heterocycles. The van der Waals surface area contributed by atoms with Crippen molar-refractivity contribution in [3.63, 3.8) is 0 Å². The van der Waals surface area contributed by atoms with Gasteiger partial charge in [0.2, 0.25) is 0 Å². The number of unbranched alkanes of at least 4 members (excludes halogenated alkanes) is 2. The molecular weight excluding hydrogens is 241 g/mol. The molecule has 0 N–H and O–H groups in total. The van der Waals surface area contributed by atoms with Crippen LogP contribution in [-0.2, 0) is 19.5 Å². The van der Waals surface area contributed by atoms with Gasteiger partial charge in [-0.3, -0.25) is 0 Å². The second-order valence-corrected chi connectivity index (χ2v) is 1.63. The Labute approximate surface area is 79.9 Å². The van der Waals surface area contributed by atoms with Crippen molar-refractivity contribution in [1.82, 2.24) is 0 Å². The van der Waals surface area contributed by atoms with E-state index in [9.17, 15) is 0 Å². The summed E-state index contributed by atoms with van der Waals surface area (Å²) in [5.74, 6) is 0.787. The molecule has 0 saturated carbocycles. The molecule has 0 radical (unpaired) electrons. The van der Waals surface area contributed by atoms with Gasteiger partial charge in [-0.25, -0.2) is 0 Å². The molecule has 0 spiro atoms. The molecule has 0 amide bonds. The van der Waals surface area contributed by atoms with E-state index in [1.165, 1.54) is 6.42 Å². The van der Waals surface area contributed by atoms with Gasteiger partial charge in [0, 0.05) is 5.88 Å². The van der Waals surface area contributed by atoms with Crippen LogP contribution in [0, 0.1) is 6.92 Å². The van der Waals surface area contributed by atoms with E-state index in [2.05, 4.69) is 6.92 Å². The van der Waals surface area contributed by atoms with Gasteiger partial charge < -0.3 is 23.9 Å². The van der Waals surface area contributed by atoms with Crippen LogP contribution >= 0.6 is 11.6 Å². The van der Waals surface area contributed by atoms with E-state index in [0.29, 0.717) is 0 Å². The Morgan fingerprint density at radius 2 is 1.75 bits per heavy atom. The van der Waals surface area contributed by atoms with Crippen LogP contribution in [0.5, 0.6) is 0 Å². The van der Waals surface area contributed by atoms with Gasteiger partial charge in [-0.05, 0) is 6.42 Å². The standard InChI is InChI=1S/C5H10Cl.BrH.Zn/c1-2-3-4-5-6;;/h1-5H2;1H;/q-1;;+2/p-1. The van der Waals surface area contributed by atoms with E-state index in [1.807, 2.05) is 0 Å². The fourth-order valence-electron chi connectivity index (χ4n) is 0.271. The number of alkyl halides is 1. The van der Waals surface area contributed by atoms with Crippen LogP contribution in [-0.4, -0.2) is 5.88 Å².